The van der Waals surface area contributed by atoms with Crippen molar-refractivity contribution in [3.63, 3.8) is 0 Å². The van der Waals surface area contributed by atoms with Crippen molar-refractivity contribution in [1.29, 1.82) is 0 Å². The van der Waals surface area contributed by atoms with Crippen LogP contribution in [0, 0.1) is 0 Å². The minimum absolute atomic E-state index is 0.142. The molecule has 0 aliphatic carbocycles. The molecule has 3 fully saturated rings. The predicted octanol–water partition coefficient (Wildman–Crippen LogP) is 1.01. The Morgan fingerprint density at radius 3 is 2.03 bits per heavy atom. The van der Waals surface area contributed by atoms with Gasteiger partial charge in [-0.15, -0.1) is 0 Å². The van der Waals surface area contributed by atoms with E-state index in [0.717, 1.165) is 84.6 Å². The van der Waals surface area contributed by atoms with Crippen LogP contribution < -0.4 is 5.32 Å². The Morgan fingerprint density at radius 2 is 1.39 bits per heavy atom. The number of carbonyl (C=O) groups is 2. The zero-order valence-corrected chi connectivity index (χ0v) is 18.7. The van der Waals surface area contributed by atoms with Gasteiger partial charge in [0, 0.05) is 64.9 Å². The second-order valence-electron chi connectivity index (χ2n) is 9.24. The van der Waals surface area contributed by atoms with Crippen molar-refractivity contribution in [2.45, 2.75) is 38.3 Å². The van der Waals surface area contributed by atoms with Crippen LogP contribution in [-0.2, 0) is 16.1 Å². The summed E-state index contributed by atoms with van der Waals surface area (Å²) in [7, 11) is 0. The molecule has 1 aromatic carbocycles. The van der Waals surface area contributed by atoms with Gasteiger partial charge in [0.25, 0.3) is 0 Å². The fraction of sp³-hybridized carbons (Fsp3) is 0.667. The molecule has 7 heteroatoms. The van der Waals surface area contributed by atoms with Crippen LogP contribution in [0.25, 0.3) is 0 Å². The Bertz CT molecular complexity index is 706. The molecule has 31 heavy (non-hydrogen) atoms. The van der Waals surface area contributed by atoms with E-state index in [1.807, 2.05) is 4.90 Å². The van der Waals surface area contributed by atoms with Crippen molar-refractivity contribution < 1.29 is 9.59 Å². The largest absolute Gasteiger partial charge is 0.352 e. The maximum atomic E-state index is 12.5. The zero-order valence-electron chi connectivity index (χ0n) is 18.7. The van der Waals surface area contributed by atoms with Gasteiger partial charge in [0.1, 0.15) is 0 Å². The number of hydrogen-bond donors (Lipinski definition) is 1. The molecule has 0 saturated carbocycles. The predicted molar refractivity (Wildman–Crippen MR) is 122 cm³/mol. The van der Waals surface area contributed by atoms with Crippen molar-refractivity contribution in [2.75, 3.05) is 65.4 Å². The first-order chi connectivity index (χ1) is 15.2. The lowest BCUT2D eigenvalue weighted by Gasteiger charge is -2.35. The Morgan fingerprint density at radius 1 is 0.774 bits per heavy atom. The quantitative estimate of drug-likeness (QED) is 0.704. The summed E-state index contributed by atoms with van der Waals surface area (Å²) in [5, 5.41) is 3.25. The molecule has 3 aliphatic rings. The van der Waals surface area contributed by atoms with E-state index >= 15 is 0 Å². The first kappa shape index (κ1) is 22.2. The maximum Gasteiger partial charge on any atom is 0.236 e. The Balaban J connectivity index is 1.10. The highest BCUT2D eigenvalue weighted by molar-refractivity contribution is 5.79. The first-order valence-corrected chi connectivity index (χ1v) is 11.9. The first-order valence-electron chi connectivity index (χ1n) is 11.9. The molecule has 0 aromatic heterocycles. The van der Waals surface area contributed by atoms with Crippen molar-refractivity contribution in [3.8, 4) is 0 Å². The van der Waals surface area contributed by atoms with E-state index in [1.54, 1.807) is 0 Å². The third-order valence-corrected chi connectivity index (χ3v) is 6.85. The lowest BCUT2D eigenvalue weighted by Crippen LogP contribution is -2.53. The van der Waals surface area contributed by atoms with E-state index in [9.17, 15) is 9.59 Å². The van der Waals surface area contributed by atoms with E-state index in [1.165, 1.54) is 5.56 Å². The van der Waals surface area contributed by atoms with Gasteiger partial charge in [-0.2, -0.15) is 0 Å². The van der Waals surface area contributed by atoms with Crippen molar-refractivity contribution >= 4 is 11.8 Å². The second kappa shape index (κ2) is 11.1. The molecule has 7 nitrogen and oxygen atoms in total. The Kier molecular flexibility index (Phi) is 7.94. The number of rotatable bonds is 7. The molecule has 170 valence electrons. The Labute approximate surface area is 186 Å². The number of benzene rings is 1. The molecule has 0 atom stereocenters. The molecule has 0 radical (unpaired) electrons. The summed E-state index contributed by atoms with van der Waals surface area (Å²) in [6, 6.07) is 10.9. The molecule has 0 unspecified atom stereocenters. The smallest absolute Gasteiger partial charge is 0.236 e. The number of nitrogens with one attached hydrogen (secondary N) is 1. The average molecular weight is 428 g/mol. The van der Waals surface area contributed by atoms with E-state index in [4.69, 9.17) is 0 Å². The summed E-state index contributed by atoms with van der Waals surface area (Å²) < 4.78 is 0. The highest BCUT2D eigenvalue weighted by Gasteiger charge is 2.25. The summed E-state index contributed by atoms with van der Waals surface area (Å²) in [5.41, 5.74) is 1.35. The molecule has 3 aliphatic heterocycles. The van der Waals surface area contributed by atoms with Gasteiger partial charge in [-0.25, -0.2) is 0 Å². The molecular formula is C24H37N5O2. The number of amides is 2. The van der Waals surface area contributed by atoms with Crippen LogP contribution in [0.15, 0.2) is 30.3 Å². The third-order valence-electron chi connectivity index (χ3n) is 6.85. The normalized spacial score (nSPS) is 22.0. The Hall–Kier alpha value is -1.96. The molecule has 3 heterocycles. The van der Waals surface area contributed by atoms with Gasteiger partial charge >= 0.3 is 0 Å². The monoisotopic (exact) mass is 427 g/mol. The van der Waals surface area contributed by atoms with E-state index in [0.29, 0.717) is 19.1 Å². The summed E-state index contributed by atoms with van der Waals surface area (Å²) in [5.74, 6) is 0.408. The number of likely N-dealkylation sites (tertiary alicyclic amines) is 2. The van der Waals surface area contributed by atoms with Crippen molar-refractivity contribution in [3.05, 3.63) is 35.9 Å². The molecule has 3 saturated heterocycles. The van der Waals surface area contributed by atoms with Gasteiger partial charge in [0.15, 0.2) is 0 Å². The molecular weight excluding hydrogens is 390 g/mol. The van der Waals surface area contributed by atoms with Crippen LogP contribution >= 0.6 is 0 Å². The van der Waals surface area contributed by atoms with Gasteiger partial charge in [0.2, 0.25) is 11.8 Å². The topological polar surface area (TPSA) is 59.1 Å². The van der Waals surface area contributed by atoms with Crippen LogP contribution in [0.1, 0.15) is 31.2 Å². The zero-order chi connectivity index (χ0) is 21.5. The van der Waals surface area contributed by atoms with E-state index in [2.05, 4.69) is 50.3 Å². The summed E-state index contributed by atoms with van der Waals surface area (Å²) >= 11 is 0. The van der Waals surface area contributed by atoms with Gasteiger partial charge in [-0.3, -0.25) is 24.3 Å². The minimum Gasteiger partial charge on any atom is -0.352 e. The van der Waals surface area contributed by atoms with Crippen LogP contribution in [0.2, 0.25) is 0 Å². The highest BCUT2D eigenvalue weighted by Crippen LogP contribution is 2.14. The summed E-state index contributed by atoms with van der Waals surface area (Å²) in [6.45, 7) is 9.34. The van der Waals surface area contributed by atoms with Gasteiger partial charge in [-0.1, -0.05) is 30.3 Å². The number of piperazine rings is 1. The molecule has 0 spiro atoms. The molecule has 2 amide bonds. The van der Waals surface area contributed by atoms with E-state index in [-0.39, 0.29) is 11.8 Å². The lowest BCUT2D eigenvalue weighted by atomic mass is 10.0. The minimum atomic E-state index is 0.142. The van der Waals surface area contributed by atoms with Crippen LogP contribution in [0.5, 0.6) is 0 Å². The average Bonchev–Trinajstić information content (AvgIpc) is 3.32. The number of piperidine rings is 1. The summed E-state index contributed by atoms with van der Waals surface area (Å²) in [6.07, 6.45) is 4.32. The fourth-order valence-corrected chi connectivity index (χ4v) is 4.92. The van der Waals surface area contributed by atoms with Gasteiger partial charge < -0.3 is 10.2 Å². The van der Waals surface area contributed by atoms with Crippen LogP contribution in [0.3, 0.4) is 0 Å². The molecule has 0 bridgehead atoms. The highest BCUT2D eigenvalue weighted by atomic mass is 16.2. The van der Waals surface area contributed by atoms with Crippen LogP contribution in [-0.4, -0.2) is 103 Å². The number of hydrogen-bond acceptors (Lipinski definition) is 5. The number of nitrogens with zero attached hydrogens (tertiary/aromatic N) is 4. The lowest BCUT2D eigenvalue weighted by molar-refractivity contribution is -0.132. The van der Waals surface area contributed by atoms with E-state index < -0.39 is 0 Å². The molecule has 4 rings (SSSR count). The molecule has 1 aromatic rings. The second-order valence-corrected chi connectivity index (χ2v) is 9.24. The standard InChI is InChI=1S/C24H37N5O2/c30-23(25-22-8-12-26(13-9-22)18-21-6-2-1-3-7-21)19-27-14-16-28(17-15-27)20-24(31)29-10-4-5-11-29/h1-3,6-7,22H,4-5,8-20H2,(H,25,30). The van der Waals surface area contributed by atoms with Gasteiger partial charge in [-0.05, 0) is 31.2 Å². The number of carbonyl (C=O) groups excluding carboxylic acids is 2. The van der Waals surface area contributed by atoms with Gasteiger partial charge in [0.05, 0.1) is 13.1 Å². The molecule has 1 N–H and O–H groups in total. The van der Waals surface area contributed by atoms with Crippen LogP contribution in [0.4, 0.5) is 0 Å². The maximum absolute atomic E-state index is 12.5. The van der Waals surface area contributed by atoms with Crippen molar-refractivity contribution in [1.82, 2.24) is 24.9 Å². The SMILES string of the molecule is O=C(CN1CCN(CC(=O)N2CCCC2)CC1)NC1CCN(Cc2ccccc2)CC1. The fourth-order valence-electron chi connectivity index (χ4n) is 4.92. The third kappa shape index (κ3) is 6.76. The summed E-state index contributed by atoms with van der Waals surface area (Å²) in [4.78, 5) is 33.8. The van der Waals surface area contributed by atoms with Crippen molar-refractivity contribution in [2.24, 2.45) is 0 Å².